The Morgan fingerprint density at radius 2 is 1.83 bits per heavy atom. The highest BCUT2D eigenvalue weighted by molar-refractivity contribution is 6.08. The lowest BCUT2D eigenvalue weighted by molar-refractivity contribution is -0.108. The van der Waals surface area contributed by atoms with Gasteiger partial charge in [0.1, 0.15) is 12.0 Å². The normalized spacial score (nSPS) is 11.7. The molecule has 4 rings (SSSR count). The first-order valence-electron chi connectivity index (χ1n) is 9.40. The van der Waals surface area contributed by atoms with E-state index in [1.807, 2.05) is 34.9 Å². The Bertz CT molecular complexity index is 1220. The highest BCUT2D eigenvalue weighted by Crippen LogP contribution is 2.28. The van der Waals surface area contributed by atoms with Crippen molar-refractivity contribution in [2.45, 2.75) is 12.5 Å². The predicted octanol–water partition coefficient (Wildman–Crippen LogP) is 4.86. The number of hydrogen-bond donors (Lipinski definition) is 1. The summed E-state index contributed by atoms with van der Waals surface area (Å²) in [7, 11) is 0. The molecular weight excluding hydrogens is 380 g/mol. The van der Waals surface area contributed by atoms with E-state index < -0.39 is 5.91 Å². The van der Waals surface area contributed by atoms with Gasteiger partial charge in [-0.25, -0.2) is 4.98 Å². The van der Waals surface area contributed by atoms with E-state index in [2.05, 4.69) is 15.5 Å². The van der Waals surface area contributed by atoms with Crippen LogP contribution in [0.3, 0.4) is 0 Å². The van der Waals surface area contributed by atoms with Crippen molar-refractivity contribution in [3.8, 4) is 0 Å². The first kappa shape index (κ1) is 19.2. The fraction of sp³-hybridized carbons (Fsp3) is 0.0870. The third-order valence-electron chi connectivity index (χ3n) is 4.92. The molecule has 1 heterocycles. The van der Waals surface area contributed by atoms with Gasteiger partial charge in [0, 0.05) is 12.1 Å². The van der Waals surface area contributed by atoms with Crippen LogP contribution in [0.4, 0.5) is 11.4 Å². The first-order chi connectivity index (χ1) is 14.7. The van der Waals surface area contributed by atoms with E-state index in [-0.39, 0.29) is 17.3 Å². The van der Waals surface area contributed by atoms with Crippen LogP contribution in [0.2, 0.25) is 0 Å². The maximum absolute atomic E-state index is 12.6. The van der Waals surface area contributed by atoms with E-state index in [0.717, 1.165) is 22.9 Å². The van der Waals surface area contributed by atoms with Crippen LogP contribution in [-0.2, 0) is 4.79 Å². The summed E-state index contributed by atoms with van der Waals surface area (Å²) in [6, 6.07) is 21.2. The summed E-state index contributed by atoms with van der Waals surface area (Å²) in [5.41, 5.74) is 3.35. The molecule has 1 unspecified atom stereocenters. The van der Waals surface area contributed by atoms with Gasteiger partial charge in [0.25, 0.3) is 5.91 Å². The smallest absolute Gasteiger partial charge is 0.257 e. The molecule has 7 nitrogen and oxygen atoms in total. The number of fused-ring (bicyclic) bond motifs is 1. The highest BCUT2D eigenvalue weighted by Gasteiger charge is 2.17. The van der Waals surface area contributed by atoms with Crippen molar-refractivity contribution in [2.24, 2.45) is 5.18 Å². The van der Waals surface area contributed by atoms with E-state index in [4.69, 9.17) is 0 Å². The van der Waals surface area contributed by atoms with Gasteiger partial charge in [-0.3, -0.25) is 4.79 Å². The molecule has 0 saturated carbocycles. The van der Waals surface area contributed by atoms with Crippen LogP contribution in [-0.4, -0.2) is 21.7 Å². The van der Waals surface area contributed by atoms with E-state index in [1.165, 1.54) is 6.07 Å². The third-order valence-corrected chi connectivity index (χ3v) is 4.92. The number of nitrogens with one attached hydrogen (secondary N) is 1. The molecule has 1 amide bonds. The number of nitrogens with zero attached hydrogens (tertiary/aromatic N) is 3. The van der Waals surface area contributed by atoms with Crippen LogP contribution in [0.15, 0.2) is 84.3 Å². The van der Waals surface area contributed by atoms with Crippen LogP contribution >= 0.6 is 0 Å². The van der Waals surface area contributed by atoms with Crippen LogP contribution in [0.1, 0.15) is 28.4 Å². The molecule has 0 bridgehead atoms. The summed E-state index contributed by atoms with van der Waals surface area (Å²) in [4.78, 5) is 39.4. The molecule has 0 spiro atoms. The zero-order valence-corrected chi connectivity index (χ0v) is 15.9. The Hall–Kier alpha value is -4.13. The molecule has 4 aromatic rings. The molecule has 0 fully saturated rings. The Labute approximate surface area is 172 Å². The lowest BCUT2D eigenvalue weighted by Gasteiger charge is -2.18. The average Bonchev–Trinajstić information content (AvgIpc) is 3.21. The van der Waals surface area contributed by atoms with Gasteiger partial charge in [-0.15, -0.1) is 4.91 Å². The second-order valence-electron chi connectivity index (χ2n) is 6.75. The number of benzene rings is 3. The molecule has 1 aromatic heterocycles. The van der Waals surface area contributed by atoms with Crippen molar-refractivity contribution in [1.82, 2.24) is 9.55 Å². The Morgan fingerprint density at radius 1 is 1.07 bits per heavy atom. The lowest BCUT2D eigenvalue weighted by Crippen LogP contribution is -2.13. The summed E-state index contributed by atoms with van der Waals surface area (Å²) in [5, 5.41) is 5.71. The fourth-order valence-corrected chi connectivity index (χ4v) is 3.47. The zero-order valence-electron chi connectivity index (χ0n) is 15.9. The monoisotopic (exact) mass is 398 g/mol. The molecule has 1 atom stereocenters. The predicted molar refractivity (Wildman–Crippen MR) is 115 cm³/mol. The second-order valence-corrected chi connectivity index (χ2v) is 6.75. The Balaban J connectivity index is 1.70. The summed E-state index contributed by atoms with van der Waals surface area (Å²) in [5.74, 6) is -0.428. The summed E-state index contributed by atoms with van der Waals surface area (Å²) < 4.78 is 1.93. The number of nitroso groups, excluding NO2 is 1. The van der Waals surface area contributed by atoms with Gasteiger partial charge < -0.3 is 14.7 Å². The quantitative estimate of drug-likeness (QED) is 0.355. The molecule has 0 aliphatic rings. The number of carbonyl (C=O) groups excluding carboxylic acids is 2. The minimum atomic E-state index is -0.428. The van der Waals surface area contributed by atoms with Gasteiger partial charge in [-0.2, -0.15) is 0 Å². The minimum absolute atomic E-state index is 0.0799. The summed E-state index contributed by atoms with van der Waals surface area (Å²) >= 11 is 0. The van der Waals surface area contributed by atoms with Crippen molar-refractivity contribution >= 4 is 34.6 Å². The van der Waals surface area contributed by atoms with Gasteiger partial charge in [0.05, 0.1) is 29.0 Å². The van der Waals surface area contributed by atoms with Gasteiger partial charge in [-0.05, 0) is 41.1 Å². The molecule has 7 heteroatoms. The highest BCUT2D eigenvalue weighted by atomic mass is 16.3. The topological polar surface area (TPSA) is 93.4 Å². The van der Waals surface area contributed by atoms with Gasteiger partial charge in [-0.1, -0.05) is 42.5 Å². The zero-order chi connectivity index (χ0) is 20.9. The molecule has 0 saturated heterocycles. The fourth-order valence-electron chi connectivity index (χ4n) is 3.47. The second kappa shape index (κ2) is 8.48. The number of aldehydes is 1. The number of rotatable bonds is 7. The minimum Gasteiger partial charge on any atom is -0.322 e. The number of aromatic nitrogens is 2. The Morgan fingerprint density at radius 3 is 2.60 bits per heavy atom. The van der Waals surface area contributed by atoms with E-state index >= 15 is 0 Å². The molecule has 30 heavy (non-hydrogen) atoms. The lowest BCUT2D eigenvalue weighted by atomic mass is 10.0. The first-order valence-corrected chi connectivity index (χ1v) is 9.40. The molecule has 3 aromatic carbocycles. The van der Waals surface area contributed by atoms with Crippen molar-refractivity contribution in [3.63, 3.8) is 0 Å². The van der Waals surface area contributed by atoms with Crippen LogP contribution < -0.4 is 5.32 Å². The molecule has 0 aliphatic heterocycles. The third kappa shape index (κ3) is 3.73. The molecule has 0 aliphatic carbocycles. The largest absolute Gasteiger partial charge is 0.322 e. The molecule has 148 valence electrons. The molecule has 0 radical (unpaired) electrons. The van der Waals surface area contributed by atoms with E-state index in [1.54, 1.807) is 42.7 Å². The van der Waals surface area contributed by atoms with Crippen molar-refractivity contribution in [2.75, 3.05) is 5.32 Å². The average molecular weight is 398 g/mol. The van der Waals surface area contributed by atoms with Crippen molar-refractivity contribution in [1.29, 1.82) is 0 Å². The maximum Gasteiger partial charge on any atom is 0.257 e. The van der Waals surface area contributed by atoms with Crippen molar-refractivity contribution < 1.29 is 9.59 Å². The number of carbonyl (C=O) groups is 2. The SMILES string of the molecule is O=CCC(c1ccccc1)n1cnc2ccc(NC(=O)c3ccccc3N=O)cc21. The number of anilines is 1. The van der Waals surface area contributed by atoms with E-state index in [9.17, 15) is 14.5 Å². The number of amides is 1. The number of hydrogen-bond acceptors (Lipinski definition) is 5. The Kier molecular flexibility index (Phi) is 5.43. The summed E-state index contributed by atoms with van der Waals surface area (Å²) in [6.45, 7) is 0. The van der Waals surface area contributed by atoms with E-state index in [0.29, 0.717) is 12.1 Å². The summed E-state index contributed by atoms with van der Waals surface area (Å²) in [6.07, 6.45) is 2.88. The van der Waals surface area contributed by atoms with Crippen molar-refractivity contribution in [3.05, 3.63) is 95.2 Å². The molecular formula is C23H18N4O3. The van der Waals surface area contributed by atoms with Gasteiger partial charge in [0.2, 0.25) is 0 Å². The van der Waals surface area contributed by atoms with Crippen LogP contribution in [0, 0.1) is 4.91 Å². The standard InChI is InChI=1S/C23H18N4O3/c28-13-12-21(16-6-2-1-3-7-16)27-15-24-20-11-10-17(14-22(20)27)25-23(29)18-8-4-5-9-19(18)26-30/h1-11,13-15,21H,12H2,(H,25,29). The maximum atomic E-state index is 12.6. The number of imidazole rings is 1. The van der Waals surface area contributed by atoms with Gasteiger partial charge in [0.15, 0.2) is 0 Å². The van der Waals surface area contributed by atoms with Crippen LogP contribution in [0.5, 0.6) is 0 Å². The van der Waals surface area contributed by atoms with Gasteiger partial charge >= 0.3 is 0 Å². The molecule has 1 N–H and O–H groups in total. The van der Waals surface area contributed by atoms with Crippen LogP contribution in [0.25, 0.3) is 11.0 Å².